The summed E-state index contributed by atoms with van der Waals surface area (Å²) in [7, 11) is 0. The lowest BCUT2D eigenvalue weighted by Gasteiger charge is -2.44. The summed E-state index contributed by atoms with van der Waals surface area (Å²) in [6, 6.07) is 46.2. The number of furan rings is 1. The lowest BCUT2D eigenvalue weighted by molar-refractivity contribution is 0.332. The Morgan fingerprint density at radius 2 is 1.08 bits per heavy atom. The fourth-order valence-electron chi connectivity index (χ4n) is 15.0. The molecule has 1 spiro atoms. The van der Waals surface area contributed by atoms with Crippen molar-refractivity contribution in [3.05, 3.63) is 171 Å². The van der Waals surface area contributed by atoms with Crippen LogP contribution in [0.15, 0.2) is 120 Å². The van der Waals surface area contributed by atoms with Crippen LogP contribution in [-0.4, -0.2) is 6.71 Å². The van der Waals surface area contributed by atoms with E-state index in [1.807, 2.05) is 0 Å². The first-order chi connectivity index (χ1) is 35.1. The number of anilines is 6. The van der Waals surface area contributed by atoms with Gasteiger partial charge in [-0.1, -0.05) is 167 Å². The third kappa shape index (κ3) is 6.70. The topological polar surface area (TPSA) is 19.6 Å². The highest BCUT2D eigenvalue weighted by molar-refractivity contribution is 7.00. The summed E-state index contributed by atoms with van der Waals surface area (Å²) in [6.45, 7) is 33.1. The molecule has 1 saturated carbocycles. The van der Waals surface area contributed by atoms with Gasteiger partial charge in [0.15, 0.2) is 0 Å². The van der Waals surface area contributed by atoms with Crippen LogP contribution in [0.2, 0.25) is 0 Å². The normalized spacial score (nSPS) is 17.7. The second-order valence-electron chi connectivity index (χ2n) is 26.9. The summed E-state index contributed by atoms with van der Waals surface area (Å²) in [4.78, 5) is 5.40. The predicted octanol–water partition coefficient (Wildman–Crippen LogP) is 17.6. The van der Waals surface area contributed by atoms with Gasteiger partial charge in [0.1, 0.15) is 5.58 Å². The number of aryl methyl sites for hydroxylation is 4. The second kappa shape index (κ2) is 15.9. The monoisotopic (exact) mass is 971 g/mol. The van der Waals surface area contributed by atoms with Gasteiger partial charge < -0.3 is 14.2 Å². The molecular formula is C70H75BN2O. The molecule has 13 rings (SSSR count). The molecule has 1 fully saturated rings. The molecule has 3 aliphatic carbocycles. The van der Waals surface area contributed by atoms with E-state index in [1.54, 1.807) is 0 Å². The molecule has 74 heavy (non-hydrogen) atoms. The zero-order valence-electron chi connectivity index (χ0n) is 46.8. The van der Waals surface area contributed by atoms with Gasteiger partial charge >= 0.3 is 0 Å². The number of hydrogen-bond donors (Lipinski definition) is 0. The van der Waals surface area contributed by atoms with Crippen LogP contribution in [0.3, 0.4) is 0 Å². The van der Waals surface area contributed by atoms with E-state index in [2.05, 4.69) is 222 Å². The molecule has 3 nitrogen and oxygen atoms in total. The van der Waals surface area contributed by atoms with Crippen molar-refractivity contribution in [2.45, 2.75) is 169 Å². The minimum Gasteiger partial charge on any atom is -0.468 e. The zero-order chi connectivity index (χ0) is 51.8. The molecule has 0 atom stereocenters. The molecule has 5 aliphatic rings. The van der Waals surface area contributed by atoms with E-state index in [0.29, 0.717) is 0 Å². The number of benzene rings is 7. The van der Waals surface area contributed by atoms with E-state index >= 15 is 0 Å². The molecule has 0 saturated heterocycles. The zero-order valence-corrected chi connectivity index (χ0v) is 46.8. The highest BCUT2D eigenvalue weighted by Crippen LogP contribution is 2.61. The molecule has 0 bridgehead atoms. The average molecular weight is 971 g/mol. The molecule has 1 aromatic heterocycles. The lowest BCUT2D eigenvalue weighted by atomic mass is 9.35. The summed E-state index contributed by atoms with van der Waals surface area (Å²) in [5, 5.41) is 1.21. The standard InChI is InChI=1S/C70H75BN2O/c1-41-22-20-23-42(2)60(41)45-36-57-62-58(37-45)73(56-27-21-26-51-61(56)48-24-16-17-25-50(48)70(51)30-18-15-19-31-70)64-49-39-52-53(69(13,14)33-32-68(52,11)12)40-59(49)74-65(64)71(62)54-38-46(66(5,6)7)28-29-55(54)72(57)63-43(3)34-47(35-44(63)4)67(8,9)10/h16-17,20-29,34-40H,15,18-19,30-33H2,1-14H3. The van der Waals surface area contributed by atoms with Gasteiger partial charge in [-0.3, -0.25) is 0 Å². The van der Waals surface area contributed by atoms with Gasteiger partial charge in [0.05, 0.1) is 22.7 Å². The van der Waals surface area contributed by atoms with Crippen LogP contribution >= 0.6 is 0 Å². The van der Waals surface area contributed by atoms with Gasteiger partial charge in [0.25, 0.3) is 6.71 Å². The molecule has 0 amide bonds. The van der Waals surface area contributed by atoms with Crippen LogP contribution in [-0.2, 0) is 27.1 Å². The van der Waals surface area contributed by atoms with Crippen LogP contribution in [0.5, 0.6) is 0 Å². The molecule has 7 aromatic carbocycles. The Bertz CT molecular complexity index is 3650. The largest absolute Gasteiger partial charge is 0.468 e. The number of nitrogens with zero attached hydrogens (tertiary/aromatic N) is 2. The van der Waals surface area contributed by atoms with Gasteiger partial charge in [0, 0.05) is 33.4 Å². The fourth-order valence-corrected chi connectivity index (χ4v) is 15.0. The van der Waals surface area contributed by atoms with Crippen molar-refractivity contribution in [2.75, 3.05) is 9.80 Å². The quantitative estimate of drug-likeness (QED) is 0.165. The Balaban J connectivity index is 1.22. The highest BCUT2D eigenvalue weighted by Gasteiger charge is 2.51. The highest BCUT2D eigenvalue weighted by atomic mass is 16.3. The van der Waals surface area contributed by atoms with Crippen LogP contribution in [0.25, 0.3) is 33.2 Å². The van der Waals surface area contributed by atoms with E-state index in [9.17, 15) is 0 Å². The fraction of sp³-hybridized carbons (Fsp3) is 0.371. The Labute approximate surface area is 442 Å². The average Bonchev–Trinajstić information content (AvgIpc) is 3.90. The second-order valence-corrected chi connectivity index (χ2v) is 26.9. The number of rotatable bonds is 3. The van der Waals surface area contributed by atoms with Crippen molar-refractivity contribution in [1.82, 2.24) is 0 Å². The summed E-state index contributed by atoms with van der Waals surface area (Å²) < 4.78 is 7.83. The third-order valence-corrected chi connectivity index (χ3v) is 19.1. The van der Waals surface area contributed by atoms with Crippen molar-refractivity contribution in [2.24, 2.45) is 0 Å². The Morgan fingerprint density at radius 1 is 0.486 bits per heavy atom. The lowest BCUT2D eigenvalue weighted by Crippen LogP contribution is -2.61. The van der Waals surface area contributed by atoms with Gasteiger partial charge in [-0.05, 0) is 195 Å². The van der Waals surface area contributed by atoms with E-state index in [0.717, 1.165) is 24.1 Å². The Morgan fingerprint density at radius 3 is 1.73 bits per heavy atom. The molecule has 4 heteroatoms. The summed E-state index contributed by atoms with van der Waals surface area (Å²) in [5.74, 6) is 0. The third-order valence-electron chi connectivity index (χ3n) is 19.1. The Hall–Kier alpha value is -6.26. The maximum atomic E-state index is 7.83. The van der Waals surface area contributed by atoms with Gasteiger partial charge in [-0.2, -0.15) is 0 Å². The van der Waals surface area contributed by atoms with E-state index in [4.69, 9.17) is 4.42 Å². The minimum absolute atomic E-state index is 0.00138. The first-order valence-electron chi connectivity index (χ1n) is 28.0. The molecule has 2 aliphatic heterocycles. The van der Waals surface area contributed by atoms with Crippen molar-refractivity contribution in [1.29, 1.82) is 0 Å². The van der Waals surface area contributed by atoms with Crippen LogP contribution in [0.1, 0.15) is 170 Å². The number of hydrogen-bond acceptors (Lipinski definition) is 3. The first kappa shape index (κ1) is 47.5. The minimum atomic E-state index is -0.166. The molecule has 0 radical (unpaired) electrons. The van der Waals surface area contributed by atoms with Crippen LogP contribution in [0.4, 0.5) is 34.1 Å². The molecule has 3 heterocycles. The van der Waals surface area contributed by atoms with E-state index < -0.39 is 0 Å². The molecule has 8 aromatic rings. The molecule has 374 valence electrons. The maximum Gasteiger partial charge on any atom is 0.297 e. The Kier molecular flexibility index (Phi) is 10.2. The SMILES string of the molecule is Cc1cccc(C)c1-c1cc2c3c(c1)N(c1cccc4c1-c1ccccc1C41CCCCC1)c1c(oc4cc5c(cc14)C(C)(C)CCC5(C)C)B3c1cc(C(C)(C)C)ccc1N2c1c(C)cc(C(C)(C)C)cc1C. The predicted molar refractivity (Wildman–Crippen MR) is 317 cm³/mol. The molecule has 0 unspecified atom stereocenters. The van der Waals surface area contributed by atoms with E-state index in [1.165, 1.54) is 160 Å². The van der Waals surface area contributed by atoms with Gasteiger partial charge in [-0.15, -0.1) is 0 Å². The summed E-state index contributed by atoms with van der Waals surface area (Å²) in [5.41, 5.74) is 31.1. The maximum absolute atomic E-state index is 7.83. The van der Waals surface area contributed by atoms with Crippen LogP contribution < -0.4 is 26.4 Å². The van der Waals surface area contributed by atoms with Crippen molar-refractivity contribution >= 4 is 68.4 Å². The van der Waals surface area contributed by atoms with Crippen LogP contribution in [0, 0.1) is 27.7 Å². The van der Waals surface area contributed by atoms with E-state index in [-0.39, 0.29) is 33.8 Å². The summed E-state index contributed by atoms with van der Waals surface area (Å²) >= 11 is 0. The van der Waals surface area contributed by atoms with Crippen molar-refractivity contribution in [3.8, 4) is 22.3 Å². The first-order valence-corrected chi connectivity index (χ1v) is 28.0. The van der Waals surface area contributed by atoms with Crippen molar-refractivity contribution in [3.63, 3.8) is 0 Å². The number of fused-ring (bicyclic) bond motifs is 12. The smallest absolute Gasteiger partial charge is 0.297 e. The molecule has 0 N–H and O–H groups in total. The summed E-state index contributed by atoms with van der Waals surface area (Å²) in [6.07, 6.45) is 8.48. The van der Waals surface area contributed by atoms with Crippen molar-refractivity contribution < 1.29 is 4.42 Å². The van der Waals surface area contributed by atoms with Gasteiger partial charge in [-0.25, -0.2) is 0 Å². The van der Waals surface area contributed by atoms with Gasteiger partial charge in [0.2, 0.25) is 0 Å². The molecular weight excluding hydrogens is 896 g/mol.